The van der Waals surface area contributed by atoms with E-state index in [2.05, 4.69) is 20.3 Å². The van der Waals surface area contributed by atoms with E-state index in [4.69, 9.17) is 13.9 Å². The minimum absolute atomic E-state index is 0.122. The number of methoxy groups -OCH3 is 2. The molecule has 0 saturated carbocycles. The highest BCUT2D eigenvalue weighted by molar-refractivity contribution is 5.91. The molecule has 0 aliphatic rings. The first-order chi connectivity index (χ1) is 10.2. The Morgan fingerprint density at radius 1 is 1.29 bits per heavy atom. The van der Waals surface area contributed by atoms with Crippen LogP contribution in [0.4, 0.5) is 0 Å². The average molecular weight is 290 g/mol. The Kier molecular flexibility index (Phi) is 4.86. The number of hydrogen-bond acceptors (Lipinski definition) is 7. The maximum atomic E-state index is 11.6. The van der Waals surface area contributed by atoms with Gasteiger partial charge < -0.3 is 19.2 Å². The molecule has 110 valence electrons. The summed E-state index contributed by atoms with van der Waals surface area (Å²) in [6, 6.07) is 3.72. The van der Waals surface area contributed by atoms with Crippen molar-refractivity contribution in [3.63, 3.8) is 0 Å². The molecule has 0 aromatic carbocycles. The number of carbonyl (C=O) groups is 1. The normalized spacial score (nSPS) is 10.6. The first-order valence-corrected chi connectivity index (χ1v) is 6.03. The summed E-state index contributed by atoms with van der Waals surface area (Å²) in [5.74, 6) is 0.622. The van der Waals surface area contributed by atoms with E-state index in [1.54, 1.807) is 18.2 Å². The summed E-state index contributed by atoms with van der Waals surface area (Å²) in [6.07, 6.45) is 4.44. The third kappa shape index (κ3) is 4.30. The predicted octanol–water partition coefficient (Wildman–Crippen LogP) is 0.811. The molecular weight excluding hydrogens is 276 g/mol. The molecule has 0 radical (unpaired) electrons. The Morgan fingerprint density at radius 3 is 2.57 bits per heavy atom. The van der Waals surface area contributed by atoms with Gasteiger partial charge in [0.1, 0.15) is 5.76 Å². The van der Waals surface area contributed by atoms with Crippen molar-refractivity contribution in [1.82, 2.24) is 20.3 Å². The highest BCUT2D eigenvalue weighted by Gasteiger charge is 2.07. The van der Waals surface area contributed by atoms with E-state index >= 15 is 0 Å². The molecule has 8 heteroatoms. The monoisotopic (exact) mass is 290 g/mol. The Bertz CT molecular complexity index is 603. The molecule has 8 nitrogen and oxygen atoms in total. The number of furan rings is 1. The summed E-state index contributed by atoms with van der Waals surface area (Å²) in [5.41, 5.74) is 0. The molecule has 1 N–H and O–H groups in total. The highest BCUT2D eigenvalue weighted by atomic mass is 16.5. The molecule has 0 bridgehead atoms. The zero-order chi connectivity index (χ0) is 15.1. The molecule has 0 spiro atoms. The van der Waals surface area contributed by atoms with Crippen LogP contribution in [0.3, 0.4) is 0 Å². The number of ether oxygens (including phenoxy) is 2. The van der Waals surface area contributed by atoms with Gasteiger partial charge in [-0.2, -0.15) is 9.97 Å². The van der Waals surface area contributed by atoms with Crippen molar-refractivity contribution in [3.05, 3.63) is 36.1 Å². The maximum Gasteiger partial charge on any atom is 0.322 e. The first-order valence-electron chi connectivity index (χ1n) is 6.03. The van der Waals surface area contributed by atoms with Crippen LogP contribution in [0.1, 0.15) is 11.6 Å². The summed E-state index contributed by atoms with van der Waals surface area (Å²) in [5, 5.41) is 2.63. The number of amides is 1. The number of nitrogens with zero attached hydrogens (tertiary/aromatic N) is 3. The van der Waals surface area contributed by atoms with Gasteiger partial charge in [0.15, 0.2) is 5.82 Å². The van der Waals surface area contributed by atoms with E-state index in [1.165, 1.54) is 26.6 Å². The quantitative estimate of drug-likeness (QED) is 0.786. The van der Waals surface area contributed by atoms with Gasteiger partial charge >= 0.3 is 12.0 Å². The molecule has 2 rings (SSSR count). The number of carbonyl (C=O) groups excluding carboxylic acids is 1. The average Bonchev–Trinajstić information content (AvgIpc) is 3.03. The summed E-state index contributed by atoms with van der Waals surface area (Å²) >= 11 is 0. The SMILES string of the molecule is COc1nc(CNC(=O)/C=C/c2ccco2)nc(OC)n1. The van der Waals surface area contributed by atoms with Crippen molar-refractivity contribution in [3.8, 4) is 12.0 Å². The maximum absolute atomic E-state index is 11.6. The van der Waals surface area contributed by atoms with Crippen LogP contribution in [0.15, 0.2) is 28.9 Å². The van der Waals surface area contributed by atoms with Crippen LogP contribution in [0.2, 0.25) is 0 Å². The lowest BCUT2D eigenvalue weighted by atomic mass is 10.4. The minimum Gasteiger partial charge on any atom is -0.467 e. The molecule has 0 unspecified atom stereocenters. The molecule has 0 aliphatic carbocycles. The standard InChI is InChI=1S/C13H14N4O4/c1-19-12-15-10(16-13(17-12)20-2)8-14-11(18)6-5-9-4-3-7-21-9/h3-7H,8H2,1-2H3,(H,14,18)/b6-5+. The van der Waals surface area contributed by atoms with Gasteiger partial charge in [-0.15, -0.1) is 4.98 Å². The van der Waals surface area contributed by atoms with Crippen LogP contribution in [0.25, 0.3) is 6.08 Å². The van der Waals surface area contributed by atoms with Gasteiger partial charge in [-0.1, -0.05) is 0 Å². The zero-order valence-electron chi connectivity index (χ0n) is 11.6. The van der Waals surface area contributed by atoms with Crippen molar-refractivity contribution >= 4 is 12.0 Å². The second-order valence-corrected chi connectivity index (χ2v) is 3.79. The summed E-state index contributed by atoms with van der Waals surface area (Å²) in [7, 11) is 2.87. The Balaban J connectivity index is 1.94. The number of aromatic nitrogens is 3. The summed E-state index contributed by atoms with van der Waals surface area (Å²) < 4.78 is 14.9. The van der Waals surface area contributed by atoms with Crippen LogP contribution in [0.5, 0.6) is 12.0 Å². The van der Waals surface area contributed by atoms with Crippen molar-refractivity contribution < 1.29 is 18.7 Å². The molecule has 0 saturated heterocycles. The molecule has 0 fully saturated rings. The van der Waals surface area contributed by atoms with Crippen LogP contribution >= 0.6 is 0 Å². The van der Waals surface area contributed by atoms with E-state index in [0.29, 0.717) is 11.6 Å². The van der Waals surface area contributed by atoms with Gasteiger partial charge in [-0.25, -0.2) is 0 Å². The first kappa shape index (κ1) is 14.5. The summed E-state index contributed by atoms with van der Waals surface area (Å²) in [4.78, 5) is 23.5. The molecule has 0 aliphatic heterocycles. The fourth-order valence-electron chi connectivity index (χ4n) is 1.41. The minimum atomic E-state index is -0.301. The summed E-state index contributed by atoms with van der Waals surface area (Å²) in [6.45, 7) is 0.122. The molecule has 2 aromatic heterocycles. The van der Waals surface area contributed by atoms with E-state index in [9.17, 15) is 4.79 Å². The van der Waals surface area contributed by atoms with Crippen LogP contribution in [0, 0.1) is 0 Å². The van der Waals surface area contributed by atoms with Crippen LogP contribution < -0.4 is 14.8 Å². The fourth-order valence-corrected chi connectivity index (χ4v) is 1.41. The fraction of sp³-hybridized carbons (Fsp3) is 0.231. The second kappa shape index (κ2) is 7.04. The van der Waals surface area contributed by atoms with Gasteiger partial charge in [0.05, 0.1) is 27.0 Å². The number of rotatable bonds is 6. The molecule has 0 atom stereocenters. The van der Waals surface area contributed by atoms with Gasteiger partial charge in [0.25, 0.3) is 0 Å². The second-order valence-electron chi connectivity index (χ2n) is 3.79. The van der Waals surface area contributed by atoms with Gasteiger partial charge in [-0.3, -0.25) is 4.79 Å². The molecule has 2 heterocycles. The lowest BCUT2D eigenvalue weighted by molar-refractivity contribution is -0.116. The van der Waals surface area contributed by atoms with Gasteiger partial charge in [0, 0.05) is 6.08 Å². The van der Waals surface area contributed by atoms with Crippen molar-refractivity contribution in [2.45, 2.75) is 6.54 Å². The number of nitrogens with one attached hydrogen (secondary N) is 1. The lowest BCUT2D eigenvalue weighted by Gasteiger charge is -2.05. The van der Waals surface area contributed by atoms with E-state index < -0.39 is 0 Å². The van der Waals surface area contributed by atoms with E-state index in [-0.39, 0.29) is 24.5 Å². The molecule has 21 heavy (non-hydrogen) atoms. The topological polar surface area (TPSA) is 99.4 Å². The number of hydrogen-bond donors (Lipinski definition) is 1. The van der Waals surface area contributed by atoms with Crippen molar-refractivity contribution in [2.75, 3.05) is 14.2 Å². The van der Waals surface area contributed by atoms with Crippen LogP contribution in [-0.4, -0.2) is 35.1 Å². The Labute approximate surface area is 120 Å². The molecule has 1 amide bonds. The van der Waals surface area contributed by atoms with E-state index in [0.717, 1.165) is 0 Å². The Morgan fingerprint density at radius 2 is 2.00 bits per heavy atom. The van der Waals surface area contributed by atoms with Crippen molar-refractivity contribution in [1.29, 1.82) is 0 Å². The smallest absolute Gasteiger partial charge is 0.322 e. The third-order valence-corrected chi connectivity index (χ3v) is 2.37. The largest absolute Gasteiger partial charge is 0.467 e. The third-order valence-electron chi connectivity index (χ3n) is 2.37. The highest BCUT2D eigenvalue weighted by Crippen LogP contribution is 2.08. The molecular formula is C13H14N4O4. The van der Waals surface area contributed by atoms with Crippen molar-refractivity contribution in [2.24, 2.45) is 0 Å². The van der Waals surface area contributed by atoms with Gasteiger partial charge in [0.2, 0.25) is 5.91 Å². The van der Waals surface area contributed by atoms with Gasteiger partial charge in [-0.05, 0) is 18.2 Å². The lowest BCUT2D eigenvalue weighted by Crippen LogP contribution is -2.22. The molecule has 2 aromatic rings. The zero-order valence-corrected chi connectivity index (χ0v) is 11.6. The van der Waals surface area contributed by atoms with E-state index in [1.807, 2.05) is 0 Å². The predicted molar refractivity (Wildman–Crippen MR) is 72.5 cm³/mol. The van der Waals surface area contributed by atoms with Crippen LogP contribution in [-0.2, 0) is 11.3 Å². The Hall–Kier alpha value is -2.90.